The minimum absolute atomic E-state index is 0.236. The smallest absolute Gasteiger partial charge is 0.150 e. The molecule has 0 radical (unpaired) electrons. The average molecular weight is 219 g/mol. The third-order valence-corrected chi connectivity index (χ3v) is 2.70. The van der Waals surface area contributed by atoms with E-state index in [0.717, 1.165) is 11.3 Å². The van der Waals surface area contributed by atoms with Crippen LogP contribution in [0, 0.1) is 0 Å². The van der Waals surface area contributed by atoms with Gasteiger partial charge in [-0.25, -0.2) is 0 Å². The number of ketones is 1. The monoisotopic (exact) mass is 219 g/mol. The molecular weight excluding hydrogens is 202 g/mol. The van der Waals surface area contributed by atoms with Gasteiger partial charge in [0.05, 0.1) is 13.7 Å². The molecule has 1 fully saturated rings. The SMILES string of the molecule is COc1cccc(CC(=O)CNC2CC2)c1. The topological polar surface area (TPSA) is 38.3 Å². The van der Waals surface area contributed by atoms with E-state index in [1.54, 1.807) is 7.11 Å². The molecule has 1 saturated carbocycles. The van der Waals surface area contributed by atoms with Gasteiger partial charge in [-0.15, -0.1) is 0 Å². The van der Waals surface area contributed by atoms with Crippen LogP contribution in [-0.2, 0) is 11.2 Å². The van der Waals surface area contributed by atoms with Gasteiger partial charge in [0.1, 0.15) is 5.75 Å². The van der Waals surface area contributed by atoms with Crippen LogP contribution in [0.25, 0.3) is 0 Å². The first-order valence-electron chi connectivity index (χ1n) is 5.66. The molecule has 1 N–H and O–H groups in total. The van der Waals surface area contributed by atoms with Gasteiger partial charge in [-0.3, -0.25) is 4.79 Å². The molecule has 0 atom stereocenters. The van der Waals surface area contributed by atoms with Crippen LogP contribution in [0.2, 0.25) is 0 Å². The highest BCUT2D eigenvalue weighted by Crippen LogP contribution is 2.18. The van der Waals surface area contributed by atoms with E-state index >= 15 is 0 Å². The summed E-state index contributed by atoms with van der Waals surface area (Å²) in [5.74, 6) is 1.04. The molecule has 1 aliphatic carbocycles. The Hall–Kier alpha value is -1.35. The maximum atomic E-state index is 11.6. The molecule has 16 heavy (non-hydrogen) atoms. The first-order valence-corrected chi connectivity index (χ1v) is 5.66. The van der Waals surface area contributed by atoms with Crippen molar-refractivity contribution < 1.29 is 9.53 Å². The lowest BCUT2D eigenvalue weighted by Gasteiger charge is -2.04. The van der Waals surface area contributed by atoms with Crippen LogP contribution >= 0.6 is 0 Å². The van der Waals surface area contributed by atoms with Crippen molar-refractivity contribution in [3.05, 3.63) is 29.8 Å². The van der Waals surface area contributed by atoms with Gasteiger partial charge < -0.3 is 10.1 Å². The van der Waals surface area contributed by atoms with Crippen molar-refractivity contribution in [3.63, 3.8) is 0 Å². The van der Waals surface area contributed by atoms with Crippen LogP contribution in [0.15, 0.2) is 24.3 Å². The van der Waals surface area contributed by atoms with E-state index in [-0.39, 0.29) is 5.78 Å². The van der Waals surface area contributed by atoms with Crippen LogP contribution in [0.4, 0.5) is 0 Å². The summed E-state index contributed by atoms with van der Waals surface area (Å²) in [7, 11) is 1.63. The highest BCUT2D eigenvalue weighted by atomic mass is 16.5. The molecule has 0 aromatic heterocycles. The number of carbonyl (C=O) groups is 1. The normalized spacial score (nSPS) is 14.8. The number of methoxy groups -OCH3 is 1. The minimum atomic E-state index is 0.236. The van der Waals surface area contributed by atoms with E-state index in [9.17, 15) is 4.79 Å². The van der Waals surface area contributed by atoms with Crippen LogP contribution in [-0.4, -0.2) is 25.5 Å². The van der Waals surface area contributed by atoms with Crippen LogP contribution in [0.3, 0.4) is 0 Å². The van der Waals surface area contributed by atoms with Gasteiger partial charge >= 0.3 is 0 Å². The second-order valence-corrected chi connectivity index (χ2v) is 4.22. The predicted molar refractivity (Wildman–Crippen MR) is 62.7 cm³/mol. The van der Waals surface area contributed by atoms with Crippen molar-refractivity contribution in [1.82, 2.24) is 5.32 Å². The molecule has 3 nitrogen and oxygen atoms in total. The molecule has 1 aromatic rings. The van der Waals surface area contributed by atoms with Crippen LogP contribution in [0.5, 0.6) is 5.75 Å². The molecule has 0 saturated heterocycles. The lowest BCUT2D eigenvalue weighted by atomic mass is 10.1. The molecule has 0 spiro atoms. The molecule has 0 bridgehead atoms. The Morgan fingerprint density at radius 1 is 1.50 bits per heavy atom. The molecule has 0 unspecified atom stereocenters. The molecule has 2 rings (SSSR count). The van der Waals surface area contributed by atoms with Gasteiger partial charge in [0.2, 0.25) is 0 Å². The lowest BCUT2D eigenvalue weighted by molar-refractivity contribution is -0.117. The summed E-state index contributed by atoms with van der Waals surface area (Å²) in [5.41, 5.74) is 1.02. The largest absolute Gasteiger partial charge is 0.497 e. The van der Waals surface area contributed by atoms with Crippen molar-refractivity contribution in [1.29, 1.82) is 0 Å². The third kappa shape index (κ3) is 3.35. The number of ether oxygens (including phenoxy) is 1. The number of hydrogen-bond donors (Lipinski definition) is 1. The second-order valence-electron chi connectivity index (χ2n) is 4.22. The summed E-state index contributed by atoms with van der Waals surface area (Å²) < 4.78 is 5.12. The van der Waals surface area contributed by atoms with E-state index in [0.29, 0.717) is 19.0 Å². The fraction of sp³-hybridized carbons (Fsp3) is 0.462. The standard InChI is InChI=1S/C13H17NO2/c1-16-13-4-2-3-10(8-13)7-12(15)9-14-11-5-6-11/h2-4,8,11,14H,5-7,9H2,1H3. The summed E-state index contributed by atoms with van der Waals surface area (Å²) in [6, 6.07) is 8.26. The summed E-state index contributed by atoms with van der Waals surface area (Å²) in [6.07, 6.45) is 2.91. The Bertz CT molecular complexity index is 372. The van der Waals surface area contributed by atoms with Crippen LogP contribution < -0.4 is 10.1 Å². The van der Waals surface area contributed by atoms with E-state index in [2.05, 4.69) is 5.32 Å². The molecule has 0 heterocycles. The molecule has 3 heteroatoms. The zero-order valence-corrected chi connectivity index (χ0v) is 9.53. The molecule has 0 aliphatic heterocycles. The van der Waals surface area contributed by atoms with E-state index < -0.39 is 0 Å². The van der Waals surface area contributed by atoms with Gasteiger partial charge in [-0.1, -0.05) is 12.1 Å². The van der Waals surface area contributed by atoms with E-state index in [4.69, 9.17) is 4.74 Å². The highest BCUT2D eigenvalue weighted by Gasteiger charge is 2.21. The number of carbonyl (C=O) groups excluding carboxylic acids is 1. The van der Waals surface area contributed by atoms with E-state index in [1.807, 2.05) is 24.3 Å². The molecule has 1 aromatic carbocycles. The zero-order valence-electron chi connectivity index (χ0n) is 9.53. The van der Waals surface area contributed by atoms with Gasteiger partial charge in [0.15, 0.2) is 5.78 Å². The number of nitrogens with one attached hydrogen (secondary N) is 1. The van der Waals surface area contributed by atoms with Crippen molar-refractivity contribution in [2.24, 2.45) is 0 Å². The Morgan fingerprint density at radius 2 is 2.31 bits per heavy atom. The molecule has 86 valence electrons. The molecular formula is C13H17NO2. The van der Waals surface area contributed by atoms with Gasteiger partial charge in [0.25, 0.3) is 0 Å². The van der Waals surface area contributed by atoms with Crippen LogP contribution in [0.1, 0.15) is 18.4 Å². The lowest BCUT2D eigenvalue weighted by Crippen LogP contribution is -2.25. The Balaban J connectivity index is 1.83. The Labute approximate surface area is 95.8 Å². The number of hydrogen-bond acceptors (Lipinski definition) is 3. The molecule has 1 aliphatic rings. The first-order chi connectivity index (χ1) is 7.78. The van der Waals surface area contributed by atoms with Gasteiger partial charge in [0, 0.05) is 12.5 Å². The number of benzene rings is 1. The Morgan fingerprint density at radius 3 is 3.00 bits per heavy atom. The quantitative estimate of drug-likeness (QED) is 0.789. The predicted octanol–water partition coefficient (Wildman–Crippen LogP) is 1.56. The van der Waals surface area contributed by atoms with Crippen molar-refractivity contribution >= 4 is 5.78 Å². The summed E-state index contributed by atoms with van der Waals surface area (Å²) in [4.78, 5) is 11.6. The van der Waals surface area contributed by atoms with Gasteiger partial charge in [-0.05, 0) is 30.5 Å². The molecule has 0 amide bonds. The van der Waals surface area contributed by atoms with Gasteiger partial charge in [-0.2, -0.15) is 0 Å². The zero-order chi connectivity index (χ0) is 11.4. The highest BCUT2D eigenvalue weighted by molar-refractivity contribution is 5.82. The minimum Gasteiger partial charge on any atom is -0.497 e. The summed E-state index contributed by atoms with van der Waals surface area (Å²) >= 11 is 0. The summed E-state index contributed by atoms with van der Waals surface area (Å²) in [6.45, 7) is 0.488. The van der Waals surface area contributed by atoms with Crippen molar-refractivity contribution in [2.45, 2.75) is 25.3 Å². The summed E-state index contributed by atoms with van der Waals surface area (Å²) in [5, 5.41) is 3.22. The fourth-order valence-electron chi connectivity index (χ4n) is 1.62. The maximum absolute atomic E-state index is 11.6. The first kappa shape index (κ1) is 11.1. The Kier molecular flexibility index (Phi) is 3.57. The second kappa shape index (κ2) is 5.12. The maximum Gasteiger partial charge on any atom is 0.150 e. The number of Topliss-reactive ketones (excluding diaryl/α,β-unsaturated/α-hetero) is 1. The third-order valence-electron chi connectivity index (χ3n) is 2.70. The van der Waals surface area contributed by atoms with Crippen molar-refractivity contribution in [2.75, 3.05) is 13.7 Å². The van der Waals surface area contributed by atoms with E-state index in [1.165, 1.54) is 12.8 Å². The average Bonchev–Trinajstić information content (AvgIpc) is 3.10. The van der Waals surface area contributed by atoms with Crippen molar-refractivity contribution in [3.8, 4) is 5.75 Å². The number of rotatable bonds is 6. The fourth-order valence-corrected chi connectivity index (χ4v) is 1.62.